The molecule has 0 radical (unpaired) electrons. The van der Waals surface area contributed by atoms with Gasteiger partial charge in [0.05, 0.1) is 13.1 Å². The fraction of sp³-hybridized carbons (Fsp3) is 0.467. The van der Waals surface area contributed by atoms with Gasteiger partial charge in [-0.05, 0) is 31.0 Å². The molecule has 0 spiro atoms. The number of nitrogens with two attached hydrogens (primary N) is 2. The molecule has 2 aliphatic rings. The SMILES string of the molecule is NC1=NC(c2cc(N)ccc2F)(C(F)F)CN(C(=O)C2CC2)C1. The minimum atomic E-state index is -3.04. The van der Waals surface area contributed by atoms with E-state index in [2.05, 4.69) is 4.99 Å². The van der Waals surface area contributed by atoms with E-state index in [1.165, 1.54) is 11.0 Å². The number of rotatable bonds is 3. The fourth-order valence-corrected chi connectivity index (χ4v) is 2.87. The number of hydrogen-bond donors (Lipinski definition) is 2. The number of alkyl halides is 2. The maximum absolute atomic E-state index is 14.2. The summed E-state index contributed by atoms with van der Waals surface area (Å²) in [6.45, 7) is -0.436. The van der Waals surface area contributed by atoms with Crippen LogP contribution in [-0.4, -0.2) is 36.2 Å². The van der Waals surface area contributed by atoms with Crippen LogP contribution in [0.4, 0.5) is 18.9 Å². The zero-order valence-corrected chi connectivity index (χ0v) is 12.3. The van der Waals surface area contributed by atoms with Gasteiger partial charge in [0.2, 0.25) is 5.91 Å². The molecule has 0 saturated heterocycles. The second-order valence-corrected chi connectivity index (χ2v) is 6.04. The number of amidine groups is 1. The van der Waals surface area contributed by atoms with Crippen molar-refractivity contribution in [2.75, 3.05) is 18.8 Å². The van der Waals surface area contributed by atoms with Crippen molar-refractivity contribution in [2.45, 2.75) is 24.8 Å². The van der Waals surface area contributed by atoms with Gasteiger partial charge < -0.3 is 16.4 Å². The lowest BCUT2D eigenvalue weighted by Crippen LogP contribution is -2.55. The van der Waals surface area contributed by atoms with Crippen molar-refractivity contribution in [1.82, 2.24) is 4.90 Å². The van der Waals surface area contributed by atoms with Crippen LogP contribution >= 0.6 is 0 Å². The smallest absolute Gasteiger partial charge is 0.269 e. The Hall–Kier alpha value is -2.25. The van der Waals surface area contributed by atoms with E-state index in [0.717, 1.165) is 25.0 Å². The molecule has 23 heavy (non-hydrogen) atoms. The molecule has 4 N–H and O–H groups in total. The van der Waals surface area contributed by atoms with Crippen LogP contribution in [-0.2, 0) is 10.3 Å². The summed E-state index contributed by atoms with van der Waals surface area (Å²) in [5.41, 5.74) is 8.87. The molecule has 1 saturated carbocycles. The number of benzene rings is 1. The van der Waals surface area contributed by atoms with Gasteiger partial charge >= 0.3 is 0 Å². The molecule has 0 aromatic heterocycles. The predicted octanol–water partition coefficient (Wildman–Crippen LogP) is 1.48. The van der Waals surface area contributed by atoms with E-state index in [0.29, 0.717) is 0 Å². The second-order valence-electron chi connectivity index (χ2n) is 6.04. The first-order valence-corrected chi connectivity index (χ1v) is 7.30. The Bertz CT molecular complexity index is 675. The molecule has 3 rings (SSSR count). The maximum atomic E-state index is 14.2. The zero-order chi connectivity index (χ0) is 16.8. The second kappa shape index (κ2) is 5.43. The van der Waals surface area contributed by atoms with Gasteiger partial charge in [-0.2, -0.15) is 0 Å². The largest absolute Gasteiger partial charge is 0.399 e. The molecule has 8 heteroatoms. The van der Waals surface area contributed by atoms with Crippen LogP contribution in [0, 0.1) is 11.7 Å². The summed E-state index contributed by atoms with van der Waals surface area (Å²) in [4.78, 5) is 17.3. The van der Waals surface area contributed by atoms with E-state index in [4.69, 9.17) is 11.5 Å². The molecule has 1 aliphatic heterocycles. The molecule has 0 bridgehead atoms. The van der Waals surface area contributed by atoms with Crippen LogP contribution in [0.2, 0.25) is 0 Å². The van der Waals surface area contributed by atoms with Crippen molar-refractivity contribution >= 4 is 17.4 Å². The molecule has 5 nitrogen and oxygen atoms in total. The first-order valence-electron chi connectivity index (χ1n) is 7.30. The predicted molar refractivity (Wildman–Crippen MR) is 79.4 cm³/mol. The van der Waals surface area contributed by atoms with Crippen molar-refractivity contribution in [3.8, 4) is 0 Å². The Balaban J connectivity index is 2.07. The van der Waals surface area contributed by atoms with Gasteiger partial charge in [-0.25, -0.2) is 13.2 Å². The Morgan fingerprint density at radius 2 is 2.04 bits per heavy atom. The summed E-state index contributed by atoms with van der Waals surface area (Å²) in [7, 11) is 0. The normalized spacial score (nSPS) is 24.7. The average molecular weight is 326 g/mol. The lowest BCUT2D eigenvalue weighted by Gasteiger charge is -2.39. The number of anilines is 1. The number of nitrogen functional groups attached to an aromatic ring is 1. The summed E-state index contributed by atoms with van der Waals surface area (Å²) in [5.74, 6) is -1.36. The van der Waals surface area contributed by atoms with E-state index >= 15 is 0 Å². The van der Waals surface area contributed by atoms with Crippen molar-refractivity contribution in [2.24, 2.45) is 16.6 Å². The number of amides is 1. The summed E-state index contributed by atoms with van der Waals surface area (Å²) >= 11 is 0. The average Bonchev–Trinajstić information content (AvgIpc) is 3.32. The van der Waals surface area contributed by atoms with Crippen LogP contribution in [0.1, 0.15) is 18.4 Å². The van der Waals surface area contributed by atoms with Crippen molar-refractivity contribution in [3.63, 3.8) is 0 Å². The number of carbonyl (C=O) groups is 1. The van der Waals surface area contributed by atoms with Crippen LogP contribution in [0.3, 0.4) is 0 Å². The Kier molecular flexibility index (Phi) is 3.69. The third kappa shape index (κ3) is 2.73. The van der Waals surface area contributed by atoms with Gasteiger partial charge in [0.1, 0.15) is 11.7 Å². The van der Waals surface area contributed by atoms with Gasteiger partial charge in [0.25, 0.3) is 6.43 Å². The fourth-order valence-electron chi connectivity index (χ4n) is 2.87. The van der Waals surface area contributed by atoms with Crippen LogP contribution < -0.4 is 11.5 Å². The first kappa shape index (κ1) is 15.6. The van der Waals surface area contributed by atoms with E-state index in [1.54, 1.807) is 0 Å². The summed E-state index contributed by atoms with van der Waals surface area (Å²) < 4.78 is 42.0. The third-order valence-electron chi connectivity index (χ3n) is 4.18. The van der Waals surface area contributed by atoms with Crippen LogP contribution in [0.25, 0.3) is 0 Å². The summed E-state index contributed by atoms with van der Waals surface area (Å²) in [5, 5.41) is 0. The molecular weight excluding hydrogens is 309 g/mol. The molecule has 1 aromatic carbocycles. The minimum Gasteiger partial charge on any atom is -0.399 e. The molecule has 1 heterocycles. The third-order valence-corrected chi connectivity index (χ3v) is 4.18. The molecule has 1 aromatic rings. The van der Waals surface area contributed by atoms with E-state index in [9.17, 15) is 18.0 Å². The highest BCUT2D eigenvalue weighted by Crippen LogP contribution is 2.40. The first-order chi connectivity index (χ1) is 10.8. The number of nitrogens with zero attached hydrogens (tertiary/aromatic N) is 2. The monoisotopic (exact) mass is 326 g/mol. The van der Waals surface area contributed by atoms with Gasteiger partial charge in [0.15, 0.2) is 5.54 Å². The van der Waals surface area contributed by atoms with Crippen LogP contribution in [0.5, 0.6) is 0 Å². The molecule has 124 valence electrons. The topological polar surface area (TPSA) is 84.7 Å². The quantitative estimate of drug-likeness (QED) is 0.825. The summed E-state index contributed by atoms with van der Waals surface area (Å²) in [6.07, 6.45) is -1.56. The lowest BCUT2D eigenvalue weighted by atomic mass is 9.87. The molecule has 1 atom stereocenters. The summed E-state index contributed by atoms with van der Waals surface area (Å²) in [6, 6.07) is 3.42. The highest BCUT2D eigenvalue weighted by molar-refractivity contribution is 5.90. The van der Waals surface area contributed by atoms with Crippen molar-refractivity contribution in [3.05, 3.63) is 29.6 Å². The minimum absolute atomic E-state index is 0.0201. The number of carbonyl (C=O) groups excluding carboxylic acids is 1. The standard InChI is InChI=1S/C15H17F3N4O/c16-11-4-3-9(19)5-10(11)15(14(17)18)7-22(6-12(20)21-15)13(23)8-1-2-8/h3-5,8,14H,1-2,6-7,19H2,(H2,20,21). The lowest BCUT2D eigenvalue weighted by molar-refractivity contribution is -0.134. The number of halogens is 3. The molecule has 1 aliphatic carbocycles. The maximum Gasteiger partial charge on any atom is 0.269 e. The van der Waals surface area contributed by atoms with E-state index in [1.807, 2.05) is 0 Å². The van der Waals surface area contributed by atoms with Crippen molar-refractivity contribution < 1.29 is 18.0 Å². The highest BCUT2D eigenvalue weighted by atomic mass is 19.3. The van der Waals surface area contributed by atoms with E-state index < -0.39 is 24.3 Å². The Labute approximate surface area is 131 Å². The van der Waals surface area contributed by atoms with Gasteiger partial charge in [0, 0.05) is 17.2 Å². The zero-order valence-electron chi connectivity index (χ0n) is 12.3. The number of hydrogen-bond acceptors (Lipinski definition) is 4. The van der Waals surface area contributed by atoms with Crippen molar-refractivity contribution in [1.29, 1.82) is 0 Å². The van der Waals surface area contributed by atoms with Crippen LogP contribution in [0.15, 0.2) is 23.2 Å². The number of aliphatic imine (C=N–C) groups is 1. The molecular formula is C15H17F3N4O. The Morgan fingerprint density at radius 1 is 1.35 bits per heavy atom. The van der Waals surface area contributed by atoms with Gasteiger partial charge in [-0.3, -0.25) is 9.79 Å². The van der Waals surface area contributed by atoms with Gasteiger partial charge in [-0.1, -0.05) is 0 Å². The molecule has 1 amide bonds. The highest BCUT2D eigenvalue weighted by Gasteiger charge is 2.49. The van der Waals surface area contributed by atoms with E-state index in [-0.39, 0.29) is 35.5 Å². The van der Waals surface area contributed by atoms with Gasteiger partial charge in [-0.15, -0.1) is 0 Å². The molecule has 1 fully saturated rings. The molecule has 1 unspecified atom stereocenters. The Morgan fingerprint density at radius 3 is 2.65 bits per heavy atom.